The molecule has 3 heterocycles. The summed E-state index contributed by atoms with van der Waals surface area (Å²) in [4.78, 5) is 5.48. The highest BCUT2D eigenvalue weighted by Gasteiger charge is 2.50. The molecule has 1 aromatic heterocycles. The molecule has 0 radical (unpaired) electrons. The van der Waals surface area contributed by atoms with E-state index in [2.05, 4.69) is 245 Å². The first-order valence-corrected chi connectivity index (χ1v) is 26.5. The predicted molar refractivity (Wildman–Crippen MR) is 307 cm³/mol. The van der Waals surface area contributed by atoms with Crippen LogP contribution in [-0.2, 0) is 27.1 Å². The molecule has 0 saturated carbocycles. The minimum atomic E-state index is -0.260. The van der Waals surface area contributed by atoms with Crippen LogP contribution >= 0.6 is 0 Å². The van der Waals surface area contributed by atoms with Crippen LogP contribution in [0.25, 0.3) is 44.2 Å². The van der Waals surface area contributed by atoms with Crippen LogP contribution < -0.4 is 20.6 Å². The Morgan fingerprint density at radius 1 is 0.500 bits per heavy atom. The Morgan fingerprint density at radius 3 is 1.82 bits per heavy atom. The maximum atomic E-state index is 6.86. The number of benzene rings is 8. The highest BCUT2D eigenvalue weighted by atomic mass is 16.3. The van der Waals surface area contributed by atoms with Crippen LogP contribution in [0.5, 0.6) is 0 Å². The van der Waals surface area contributed by atoms with Crippen LogP contribution in [0.4, 0.5) is 28.4 Å². The number of hydrogen-bond acceptors (Lipinski definition) is 3. The van der Waals surface area contributed by atoms with E-state index in [1.807, 2.05) is 0 Å². The third-order valence-electron chi connectivity index (χ3n) is 18.1. The summed E-state index contributed by atoms with van der Waals surface area (Å²) >= 11 is 0. The summed E-state index contributed by atoms with van der Waals surface area (Å²) in [5, 5.41) is 2.29. The maximum Gasteiger partial charge on any atom is 0.333 e. The highest BCUT2D eigenvalue weighted by Crippen LogP contribution is 2.57. The fourth-order valence-electron chi connectivity index (χ4n) is 13.9. The van der Waals surface area contributed by atoms with Crippen molar-refractivity contribution in [2.24, 2.45) is 0 Å². The number of fused-ring (bicyclic) bond motifs is 11. The SMILES string of the molecule is Cc1cc2c3c(c1)N(c1cc4c(cc1C)C(C)(C)CCC4(C)C)c1cc4c(cc1B3N(c1ccc(C(C)(C)C)cc1-c1ccccc1)c1c-2ccc2oc3ccccc3c12)C(C)(C)c1ccccc1C4(C)C. The van der Waals surface area contributed by atoms with Gasteiger partial charge in [0.05, 0.1) is 5.39 Å². The first-order chi connectivity index (χ1) is 34.2. The average Bonchev–Trinajstić information content (AvgIpc) is 3.74. The molecule has 0 saturated heterocycles. The largest absolute Gasteiger partial charge is 0.456 e. The molecular weight excluding hydrogens is 872 g/mol. The molecule has 0 atom stereocenters. The zero-order valence-corrected chi connectivity index (χ0v) is 44.7. The maximum absolute atomic E-state index is 6.86. The van der Waals surface area contributed by atoms with Crippen molar-refractivity contribution in [3.63, 3.8) is 0 Å². The van der Waals surface area contributed by atoms with Gasteiger partial charge in [0.2, 0.25) is 0 Å². The summed E-state index contributed by atoms with van der Waals surface area (Å²) in [5.41, 5.74) is 27.6. The summed E-state index contributed by atoms with van der Waals surface area (Å²) in [6.07, 6.45) is 2.34. The summed E-state index contributed by atoms with van der Waals surface area (Å²) in [6.45, 7) is 31.1. The lowest BCUT2D eigenvalue weighted by molar-refractivity contribution is 0.332. The van der Waals surface area contributed by atoms with E-state index >= 15 is 0 Å². The Bertz CT molecular complexity index is 3780. The minimum absolute atomic E-state index is 0.0353. The van der Waals surface area contributed by atoms with E-state index in [9.17, 15) is 0 Å². The third-order valence-corrected chi connectivity index (χ3v) is 18.1. The smallest absolute Gasteiger partial charge is 0.333 e. The molecule has 0 bridgehead atoms. The lowest BCUT2D eigenvalue weighted by Gasteiger charge is -2.50. The molecule has 0 amide bonds. The fourth-order valence-corrected chi connectivity index (χ4v) is 13.9. The van der Waals surface area contributed by atoms with Gasteiger partial charge >= 0.3 is 6.85 Å². The van der Waals surface area contributed by atoms with Gasteiger partial charge in [-0.05, 0) is 164 Å². The lowest BCUT2D eigenvalue weighted by Crippen LogP contribution is -2.62. The van der Waals surface area contributed by atoms with E-state index in [0.29, 0.717) is 0 Å². The number of aryl methyl sites for hydroxylation is 2. The molecule has 4 aliphatic rings. The van der Waals surface area contributed by atoms with Crippen LogP contribution in [-0.4, -0.2) is 6.85 Å². The van der Waals surface area contributed by atoms with Gasteiger partial charge in [0.25, 0.3) is 0 Å². The van der Waals surface area contributed by atoms with Crippen LogP contribution in [0, 0.1) is 13.8 Å². The molecule has 0 spiro atoms. The lowest BCUT2D eigenvalue weighted by atomic mass is 9.42. The van der Waals surface area contributed by atoms with Gasteiger partial charge in [-0.15, -0.1) is 0 Å². The molecule has 4 heteroatoms. The monoisotopic (exact) mass is 939 g/mol. The Labute approximate surface area is 428 Å². The second kappa shape index (κ2) is 14.9. The molecule has 9 aromatic rings. The van der Waals surface area contributed by atoms with Crippen molar-refractivity contribution in [1.82, 2.24) is 0 Å². The van der Waals surface area contributed by atoms with Crippen molar-refractivity contribution < 1.29 is 4.42 Å². The summed E-state index contributed by atoms with van der Waals surface area (Å²) in [6, 6.07) is 56.4. The molecule has 0 unspecified atom stereocenters. The number of hydrogen-bond donors (Lipinski definition) is 0. The highest BCUT2D eigenvalue weighted by molar-refractivity contribution is 6.94. The molecule has 3 nitrogen and oxygen atoms in total. The zero-order valence-electron chi connectivity index (χ0n) is 44.7. The van der Waals surface area contributed by atoms with E-state index in [1.54, 1.807) is 0 Å². The number of anilines is 5. The first kappa shape index (κ1) is 45.1. The van der Waals surface area contributed by atoms with Gasteiger partial charge in [-0.1, -0.05) is 173 Å². The van der Waals surface area contributed by atoms with Crippen LogP contribution in [0.15, 0.2) is 150 Å². The molecule has 2 aliphatic heterocycles. The summed E-state index contributed by atoms with van der Waals surface area (Å²) in [5.74, 6) is 0. The molecule has 0 fully saturated rings. The van der Waals surface area contributed by atoms with E-state index in [0.717, 1.165) is 28.4 Å². The summed E-state index contributed by atoms with van der Waals surface area (Å²) < 4.78 is 6.86. The minimum Gasteiger partial charge on any atom is -0.456 e. The van der Waals surface area contributed by atoms with E-state index < -0.39 is 0 Å². The van der Waals surface area contributed by atoms with Crippen molar-refractivity contribution in [1.29, 1.82) is 0 Å². The molecule has 8 aromatic carbocycles. The van der Waals surface area contributed by atoms with Gasteiger partial charge in [-0.2, -0.15) is 0 Å². The van der Waals surface area contributed by atoms with Gasteiger partial charge < -0.3 is 14.1 Å². The number of furan rings is 1. The van der Waals surface area contributed by atoms with E-state index in [4.69, 9.17) is 4.42 Å². The topological polar surface area (TPSA) is 19.6 Å². The van der Waals surface area contributed by atoms with Gasteiger partial charge in [-0.3, -0.25) is 0 Å². The van der Waals surface area contributed by atoms with Crippen molar-refractivity contribution in [2.75, 3.05) is 9.71 Å². The van der Waals surface area contributed by atoms with Crippen LogP contribution in [0.1, 0.15) is 139 Å². The Morgan fingerprint density at radius 2 is 1.12 bits per heavy atom. The quantitative estimate of drug-likeness (QED) is 0.165. The first-order valence-electron chi connectivity index (χ1n) is 26.5. The van der Waals surface area contributed by atoms with Gasteiger partial charge in [-0.25, -0.2) is 0 Å². The van der Waals surface area contributed by atoms with Crippen LogP contribution in [0.3, 0.4) is 0 Å². The Kier molecular flexibility index (Phi) is 9.34. The van der Waals surface area contributed by atoms with E-state index in [1.165, 1.54) is 118 Å². The zero-order chi connectivity index (χ0) is 50.2. The molecule has 13 rings (SSSR count). The van der Waals surface area contributed by atoms with Crippen molar-refractivity contribution >= 4 is 68.1 Å². The molecule has 0 N–H and O–H groups in total. The normalized spacial score (nSPS) is 17.5. The third kappa shape index (κ3) is 6.23. The molecule has 358 valence electrons. The molecular formula is C68H67BN2O. The fraction of sp³-hybridized carbons (Fsp3) is 0.294. The predicted octanol–water partition coefficient (Wildman–Crippen LogP) is 17.2. The number of para-hydroxylation sites is 1. The van der Waals surface area contributed by atoms with Crippen molar-refractivity contribution in [2.45, 2.75) is 130 Å². The van der Waals surface area contributed by atoms with Crippen molar-refractivity contribution in [3.05, 3.63) is 196 Å². The van der Waals surface area contributed by atoms with Gasteiger partial charge in [0, 0.05) is 55.8 Å². The second-order valence-corrected chi connectivity index (χ2v) is 25.3. The van der Waals surface area contributed by atoms with Crippen molar-refractivity contribution in [3.8, 4) is 22.3 Å². The van der Waals surface area contributed by atoms with E-state index in [-0.39, 0.29) is 33.9 Å². The number of rotatable bonds is 3. The molecule has 72 heavy (non-hydrogen) atoms. The second-order valence-electron chi connectivity index (χ2n) is 25.3. The van der Waals surface area contributed by atoms with Gasteiger partial charge in [0.15, 0.2) is 0 Å². The summed E-state index contributed by atoms with van der Waals surface area (Å²) in [7, 11) is 0. The molecule has 2 aliphatic carbocycles. The standard InChI is InChI=1S/C68H67BN2O/c1-40-33-47-44-28-30-60-61(45-23-17-20-26-59(45)72-60)63(44)71(55-29-27-43(64(3,4)5)36-46(55)42-21-15-14-16-22-42)69-54-37-52-53(68(12,13)49-25-19-18-24-48(49)67(52,10)11)39-57(54)70(58(34-40)62(47)69)56-38-51-50(35-41(56)2)65(6,7)31-32-66(51,8)9/h14-30,33-39H,31-32H2,1-13H3. The average molecular weight is 939 g/mol. The van der Waals surface area contributed by atoms with Crippen LogP contribution in [0.2, 0.25) is 0 Å². The Balaban J connectivity index is 1.22. The number of nitrogens with zero attached hydrogens (tertiary/aromatic N) is 2. The Hall–Kier alpha value is -6.78. The van der Waals surface area contributed by atoms with Gasteiger partial charge in [0.1, 0.15) is 11.2 Å².